The highest BCUT2D eigenvalue weighted by atomic mass is 35.5. The van der Waals surface area contributed by atoms with Gasteiger partial charge in [-0.3, -0.25) is 0 Å². The van der Waals surface area contributed by atoms with Crippen molar-refractivity contribution >= 4 is 28.9 Å². The van der Waals surface area contributed by atoms with Gasteiger partial charge < -0.3 is 9.52 Å². The van der Waals surface area contributed by atoms with E-state index >= 15 is 0 Å². The molecule has 2 rings (SSSR count). The Hall–Kier alpha value is -1.33. The molecule has 4 nitrogen and oxygen atoms in total. The standard InChI is InChI=1S/C10H8ClNO3S/c1-2-6-7(10(13)14)15-9(12-6)8-5(11)3-4-16-8/h3-4H,2H2,1H3,(H,13,14). The summed E-state index contributed by atoms with van der Waals surface area (Å²) in [6.45, 7) is 1.82. The monoisotopic (exact) mass is 257 g/mol. The molecule has 0 bridgehead atoms. The zero-order valence-corrected chi connectivity index (χ0v) is 9.93. The summed E-state index contributed by atoms with van der Waals surface area (Å²) in [4.78, 5) is 15.7. The first-order valence-electron chi connectivity index (χ1n) is 4.59. The highest BCUT2D eigenvalue weighted by Gasteiger charge is 2.20. The van der Waals surface area contributed by atoms with Crippen molar-refractivity contribution in [1.29, 1.82) is 0 Å². The summed E-state index contributed by atoms with van der Waals surface area (Å²) in [5, 5.41) is 11.2. The van der Waals surface area contributed by atoms with E-state index in [-0.39, 0.29) is 11.7 Å². The normalized spacial score (nSPS) is 10.6. The van der Waals surface area contributed by atoms with Crippen LogP contribution in [0.2, 0.25) is 5.02 Å². The fraction of sp³-hybridized carbons (Fsp3) is 0.200. The number of halogens is 1. The van der Waals surface area contributed by atoms with E-state index in [1.54, 1.807) is 11.4 Å². The number of oxazole rings is 1. The fourth-order valence-electron chi connectivity index (χ4n) is 1.30. The summed E-state index contributed by atoms with van der Waals surface area (Å²) in [6.07, 6.45) is 0.508. The molecule has 2 aromatic rings. The average Bonchev–Trinajstić information content (AvgIpc) is 2.82. The predicted molar refractivity (Wildman–Crippen MR) is 61.2 cm³/mol. The van der Waals surface area contributed by atoms with Gasteiger partial charge in [0.2, 0.25) is 11.7 Å². The Labute approximate surface area is 100 Å². The molecule has 0 aliphatic rings. The molecule has 84 valence electrons. The molecule has 0 spiro atoms. The van der Waals surface area contributed by atoms with Gasteiger partial charge in [-0.25, -0.2) is 9.78 Å². The van der Waals surface area contributed by atoms with Crippen molar-refractivity contribution in [3.05, 3.63) is 27.9 Å². The van der Waals surface area contributed by atoms with Crippen molar-refractivity contribution in [2.24, 2.45) is 0 Å². The maximum atomic E-state index is 10.9. The summed E-state index contributed by atoms with van der Waals surface area (Å²) in [7, 11) is 0. The number of hydrogen-bond donors (Lipinski definition) is 1. The summed E-state index contributed by atoms with van der Waals surface area (Å²) < 4.78 is 5.21. The molecule has 1 N–H and O–H groups in total. The van der Waals surface area contributed by atoms with E-state index in [2.05, 4.69) is 4.98 Å². The van der Waals surface area contributed by atoms with Crippen LogP contribution in [-0.4, -0.2) is 16.1 Å². The van der Waals surface area contributed by atoms with Crippen LogP contribution in [-0.2, 0) is 6.42 Å². The lowest BCUT2D eigenvalue weighted by molar-refractivity contribution is 0.0662. The van der Waals surface area contributed by atoms with Crippen molar-refractivity contribution in [2.75, 3.05) is 0 Å². The molecule has 0 fully saturated rings. The van der Waals surface area contributed by atoms with E-state index < -0.39 is 5.97 Å². The smallest absolute Gasteiger partial charge is 0.373 e. The van der Waals surface area contributed by atoms with Crippen LogP contribution in [0.25, 0.3) is 10.8 Å². The number of aryl methyl sites for hydroxylation is 1. The van der Waals surface area contributed by atoms with Crippen LogP contribution < -0.4 is 0 Å². The molecule has 0 aliphatic heterocycles. The van der Waals surface area contributed by atoms with Crippen LogP contribution in [0.4, 0.5) is 0 Å². The van der Waals surface area contributed by atoms with Gasteiger partial charge in [0.05, 0.1) is 10.7 Å². The van der Waals surface area contributed by atoms with Gasteiger partial charge in [-0.1, -0.05) is 18.5 Å². The molecule has 0 unspecified atom stereocenters. The van der Waals surface area contributed by atoms with Crippen LogP contribution in [0.1, 0.15) is 23.2 Å². The van der Waals surface area contributed by atoms with Crippen LogP contribution in [0.15, 0.2) is 15.9 Å². The topological polar surface area (TPSA) is 63.3 Å². The zero-order chi connectivity index (χ0) is 11.7. The SMILES string of the molecule is CCc1nc(-c2sccc2Cl)oc1C(=O)O. The molecule has 0 saturated heterocycles. The van der Waals surface area contributed by atoms with E-state index in [1.165, 1.54) is 11.3 Å². The summed E-state index contributed by atoms with van der Waals surface area (Å²) >= 11 is 7.29. The molecule has 2 heterocycles. The molecule has 0 aliphatic carbocycles. The van der Waals surface area contributed by atoms with Gasteiger partial charge in [-0.05, 0) is 17.9 Å². The van der Waals surface area contributed by atoms with E-state index in [0.29, 0.717) is 22.0 Å². The van der Waals surface area contributed by atoms with Crippen molar-refractivity contribution in [3.63, 3.8) is 0 Å². The molecule has 0 amide bonds. The highest BCUT2D eigenvalue weighted by molar-refractivity contribution is 7.14. The number of nitrogens with zero attached hydrogens (tertiary/aromatic N) is 1. The van der Waals surface area contributed by atoms with Gasteiger partial charge in [0.1, 0.15) is 4.88 Å². The minimum Gasteiger partial charge on any atom is -0.475 e. The minimum atomic E-state index is -1.11. The molecular formula is C10H8ClNO3S. The first kappa shape index (κ1) is 11.2. The van der Waals surface area contributed by atoms with Crippen LogP contribution in [0.5, 0.6) is 0 Å². The largest absolute Gasteiger partial charge is 0.475 e. The molecule has 0 radical (unpaired) electrons. The lowest BCUT2D eigenvalue weighted by Gasteiger charge is -1.89. The number of carbonyl (C=O) groups is 1. The molecule has 6 heteroatoms. The summed E-state index contributed by atoms with van der Waals surface area (Å²) in [5.41, 5.74) is 0.437. The maximum Gasteiger partial charge on any atom is 0.373 e. The summed E-state index contributed by atoms with van der Waals surface area (Å²) in [6, 6.07) is 1.72. The Bertz CT molecular complexity index is 532. The van der Waals surface area contributed by atoms with E-state index in [0.717, 1.165) is 0 Å². The van der Waals surface area contributed by atoms with Crippen LogP contribution in [0, 0.1) is 0 Å². The Morgan fingerprint density at radius 2 is 2.44 bits per heavy atom. The van der Waals surface area contributed by atoms with Crippen LogP contribution in [0.3, 0.4) is 0 Å². The second-order valence-corrected chi connectivity index (χ2v) is 4.37. The van der Waals surface area contributed by atoms with Crippen molar-refractivity contribution in [1.82, 2.24) is 4.98 Å². The predicted octanol–water partition coefficient (Wildman–Crippen LogP) is 3.32. The van der Waals surface area contributed by atoms with Gasteiger partial charge >= 0.3 is 5.97 Å². The number of thiophene rings is 1. The maximum absolute atomic E-state index is 10.9. The molecule has 16 heavy (non-hydrogen) atoms. The van der Waals surface area contributed by atoms with Gasteiger partial charge in [0, 0.05) is 0 Å². The minimum absolute atomic E-state index is 0.109. The molecule has 0 saturated carbocycles. The molecule has 0 atom stereocenters. The van der Waals surface area contributed by atoms with Crippen molar-refractivity contribution < 1.29 is 14.3 Å². The molecule has 2 aromatic heterocycles. The van der Waals surface area contributed by atoms with Gasteiger partial charge in [0.15, 0.2) is 0 Å². The number of rotatable bonds is 3. The van der Waals surface area contributed by atoms with Crippen molar-refractivity contribution in [2.45, 2.75) is 13.3 Å². The summed E-state index contributed by atoms with van der Waals surface area (Å²) in [5.74, 6) is -0.945. The van der Waals surface area contributed by atoms with Gasteiger partial charge in [-0.15, -0.1) is 11.3 Å². The number of carboxylic acid groups (broad SMARTS) is 1. The quantitative estimate of drug-likeness (QED) is 0.916. The lowest BCUT2D eigenvalue weighted by atomic mass is 10.3. The molecule has 0 aromatic carbocycles. The number of aromatic nitrogens is 1. The second-order valence-electron chi connectivity index (χ2n) is 3.05. The fourth-order valence-corrected chi connectivity index (χ4v) is 2.36. The average molecular weight is 258 g/mol. The first-order valence-corrected chi connectivity index (χ1v) is 5.85. The second kappa shape index (κ2) is 4.27. The number of aromatic carboxylic acids is 1. The highest BCUT2D eigenvalue weighted by Crippen LogP contribution is 2.33. The molecular weight excluding hydrogens is 250 g/mol. The van der Waals surface area contributed by atoms with Gasteiger partial charge in [-0.2, -0.15) is 0 Å². The lowest BCUT2D eigenvalue weighted by Crippen LogP contribution is -1.98. The third-order valence-corrected chi connectivity index (χ3v) is 3.37. The van der Waals surface area contributed by atoms with E-state index in [9.17, 15) is 4.79 Å². The Morgan fingerprint density at radius 1 is 1.69 bits per heavy atom. The van der Waals surface area contributed by atoms with Gasteiger partial charge in [0.25, 0.3) is 0 Å². The zero-order valence-electron chi connectivity index (χ0n) is 8.36. The third-order valence-electron chi connectivity index (χ3n) is 2.04. The van der Waals surface area contributed by atoms with E-state index in [4.69, 9.17) is 21.1 Å². The Morgan fingerprint density at radius 3 is 2.88 bits per heavy atom. The van der Waals surface area contributed by atoms with E-state index in [1.807, 2.05) is 6.92 Å². The number of carboxylic acids is 1. The first-order chi connectivity index (χ1) is 7.63. The van der Waals surface area contributed by atoms with Crippen molar-refractivity contribution in [3.8, 4) is 10.8 Å². The Kier molecular flexibility index (Phi) is 2.98. The van der Waals surface area contributed by atoms with Crippen LogP contribution >= 0.6 is 22.9 Å². The number of hydrogen-bond acceptors (Lipinski definition) is 4. The third kappa shape index (κ3) is 1.83. The Balaban J connectivity index is 2.52.